The van der Waals surface area contributed by atoms with E-state index in [0.29, 0.717) is 0 Å². The Balaban J connectivity index is 3.94. The van der Waals surface area contributed by atoms with Crippen molar-refractivity contribution in [2.24, 2.45) is 5.41 Å². The van der Waals surface area contributed by atoms with E-state index in [1.54, 1.807) is 0 Å². The van der Waals surface area contributed by atoms with Crippen molar-refractivity contribution in [2.45, 2.75) is 59.5 Å². The van der Waals surface area contributed by atoms with Gasteiger partial charge in [-0.25, -0.2) is 0 Å². The monoisotopic (exact) mass is 216 g/mol. The zero-order valence-electron chi connectivity index (χ0n) is 10.4. The maximum absolute atomic E-state index is 11.5. The first kappa shape index (κ1) is 14.4. The molecule has 15 heavy (non-hydrogen) atoms. The second kappa shape index (κ2) is 6.83. The van der Waals surface area contributed by atoms with E-state index < -0.39 is 5.41 Å². The molecule has 0 bridgehead atoms. The molecule has 0 aliphatic heterocycles. The van der Waals surface area contributed by atoms with Crippen LogP contribution in [0.5, 0.6) is 0 Å². The molecule has 1 N–H and O–H groups in total. The lowest BCUT2D eigenvalue weighted by Gasteiger charge is -2.22. The molecule has 0 aliphatic carbocycles. The molecule has 0 fully saturated rings. The van der Waals surface area contributed by atoms with Crippen LogP contribution in [0, 0.1) is 5.41 Å². The lowest BCUT2D eigenvalue weighted by atomic mass is 9.97. The third kappa shape index (κ3) is 6.50. The van der Waals surface area contributed by atoms with Gasteiger partial charge in [0.25, 0.3) is 0 Å². The molecule has 0 amide bonds. The van der Waals surface area contributed by atoms with E-state index in [0.717, 1.165) is 25.7 Å². The van der Waals surface area contributed by atoms with E-state index in [-0.39, 0.29) is 18.7 Å². The van der Waals surface area contributed by atoms with Crippen LogP contribution in [0.1, 0.15) is 53.4 Å². The Labute approximate surface area is 92.8 Å². The second-order valence-electron chi connectivity index (χ2n) is 4.96. The lowest BCUT2D eigenvalue weighted by molar-refractivity contribution is -0.161. The van der Waals surface area contributed by atoms with E-state index in [4.69, 9.17) is 9.84 Å². The summed E-state index contributed by atoms with van der Waals surface area (Å²) in [5, 5.41) is 9.06. The summed E-state index contributed by atoms with van der Waals surface area (Å²) in [6.45, 7) is 7.49. The number of hydrogen-bond donors (Lipinski definition) is 1. The Kier molecular flexibility index (Phi) is 6.57. The first-order valence-electron chi connectivity index (χ1n) is 5.73. The molecule has 3 nitrogen and oxygen atoms in total. The molecule has 0 spiro atoms. The van der Waals surface area contributed by atoms with Gasteiger partial charge in [-0.3, -0.25) is 4.79 Å². The molecule has 90 valence electrons. The summed E-state index contributed by atoms with van der Waals surface area (Å²) in [7, 11) is 0. The third-order valence-corrected chi connectivity index (χ3v) is 2.22. The highest BCUT2D eigenvalue weighted by atomic mass is 16.6. The summed E-state index contributed by atoms with van der Waals surface area (Å²) in [5.74, 6) is -0.238. The Morgan fingerprint density at radius 3 is 2.33 bits per heavy atom. The van der Waals surface area contributed by atoms with Crippen LogP contribution in [-0.2, 0) is 9.53 Å². The van der Waals surface area contributed by atoms with Crippen molar-refractivity contribution >= 4 is 5.97 Å². The topological polar surface area (TPSA) is 46.5 Å². The maximum atomic E-state index is 11.5. The summed E-state index contributed by atoms with van der Waals surface area (Å²) < 4.78 is 5.22. The molecule has 0 aromatic heterocycles. The molecule has 3 heteroatoms. The quantitative estimate of drug-likeness (QED) is 0.548. The Morgan fingerprint density at radius 1 is 1.33 bits per heavy atom. The van der Waals surface area contributed by atoms with Gasteiger partial charge >= 0.3 is 5.97 Å². The fourth-order valence-electron chi connectivity index (χ4n) is 1.14. The van der Waals surface area contributed by atoms with Gasteiger partial charge in [0.1, 0.15) is 6.10 Å². The van der Waals surface area contributed by atoms with Gasteiger partial charge in [-0.15, -0.1) is 0 Å². The minimum Gasteiger partial charge on any atom is -0.460 e. The number of rotatable bonds is 6. The first-order valence-corrected chi connectivity index (χ1v) is 5.73. The Bertz CT molecular complexity index is 182. The number of unbranched alkanes of at least 4 members (excludes halogenated alkanes) is 2. The zero-order valence-corrected chi connectivity index (χ0v) is 10.4. The van der Waals surface area contributed by atoms with Crippen LogP contribution in [0.4, 0.5) is 0 Å². The van der Waals surface area contributed by atoms with Crippen LogP contribution in [-0.4, -0.2) is 23.8 Å². The standard InChI is InChI=1S/C12H24O3/c1-5-6-7-8-10(9-13)15-11(14)12(2,3)4/h10,13H,5-9H2,1-4H3. The smallest absolute Gasteiger partial charge is 0.311 e. The van der Waals surface area contributed by atoms with Crippen molar-refractivity contribution in [3.8, 4) is 0 Å². The summed E-state index contributed by atoms with van der Waals surface area (Å²) in [6.07, 6.45) is 3.67. The van der Waals surface area contributed by atoms with E-state index >= 15 is 0 Å². The Hall–Kier alpha value is -0.570. The average Bonchev–Trinajstić information content (AvgIpc) is 2.14. The predicted octanol–water partition coefficient (Wildman–Crippen LogP) is 2.52. The molecule has 0 saturated carbocycles. The lowest BCUT2D eigenvalue weighted by Crippen LogP contribution is -2.30. The second-order valence-corrected chi connectivity index (χ2v) is 4.96. The normalized spacial score (nSPS) is 13.7. The Morgan fingerprint density at radius 2 is 1.93 bits per heavy atom. The highest BCUT2D eigenvalue weighted by Gasteiger charge is 2.25. The fraction of sp³-hybridized carbons (Fsp3) is 0.917. The van der Waals surface area contributed by atoms with E-state index in [1.165, 1.54) is 0 Å². The van der Waals surface area contributed by atoms with Crippen LogP contribution in [0.15, 0.2) is 0 Å². The van der Waals surface area contributed by atoms with E-state index in [9.17, 15) is 4.79 Å². The van der Waals surface area contributed by atoms with Crippen LogP contribution in [0.2, 0.25) is 0 Å². The van der Waals surface area contributed by atoms with Crippen LogP contribution < -0.4 is 0 Å². The summed E-state index contributed by atoms with van der Waals surface area (Å²) in [5.41, 5.74) is -0.488. The number of hydrogen-bond acceptors (Lipinski definition) is 3. The van der Waals surface area contributed by atoms with Crippen molar-refractivity contribution < 1.29 is 14.6 Å². The predicted molar refractivity (Wildman–Crippen MR) is 60.6 cm³/mol. The van der Waals surface area contributed by atoms with E-state index in [2.05, 4.69) is 6.92 Å². The van der Waals surface area contributed by atoms with Crippen LogP contribution >= 0.6 is 0 Å². The fourth-order valence-corrected chi connectivity index (χ4v) is 1.14. The molecule has 0 aromatic carbocycles. The summed E-state index contributed by atoms with van der Waals surface area (Å²) in [4.78, 5) is 11.5. The molecule has 0 aromatic rings. The SMILES string of the molecule is CCCCCC(CO)OC(=O)C(C)(C)C. The van der Waals surface area contributed by atoms with E-state index in [1.807, 2.05) is 20.8 Å². The minimum atomic E-state index is -0.488. The van der Waals surface area contributed by atoms with Gasteiger partial charge in [-0.1, -0.05) is 19.8 Å². The van der Waals surface area contributed by atoms with Crippen molar-refractivity contribution in [1.82, 2.24) is 0 Å². The number of esters is 1. The van der Waals surface area contributed by atoms with Crippen molar-refractivity contribution in [2.75, 3.05) is 6.61 Å². The highest BCUT2D eigenvalue weighted by Crippen LogP contribution is 2.18. The number of aliphatic hydroxyl groups excluding tert-OH is 1. The van der Waals surface area contributed by atoms with Crippen molar-refractivity contribution in [1.29, 1.82) is 0 Å². The van der Waals surface area contributed by atoms with Gasteiger partial charge in [-0.2, -0.15) is 0 Å². The van der Waals surface area contributed by atoms with Gasteiger partial charge in [0.2, 0.25) is 0 Å². The van der Waals surface area contributed by atoms with Gasteiger partial charge in [0.05, 0.1) is 12.0 Å². The number of carbonyl (C=O) groups is 1. The molecule has 0 heterocycles. The number of carbonyl (C=O) groups excluding carboxylic acids is 1. The van der Waals surface area contributed by atoms with Crippen LogP contribution in [0.25, 0.3) is 0 Å². The zero-order chi connectivity index (χ0) is 11.9. The molecular formula is C12H24O3. The van der Waals surface area contributed by atoms with Gasteiger partial charge < -0.3 is 9.84 Å². The summed E-state index contributed by atoms with van der Waals surface area (Å²) in [6, 6.07) is 0. The van der Waals surface area contributed by atoms with Gasteiger partial charge in [0, 0.05) is 0 Å². The van der Waals surface area contributed by atoms with Crippen molar-refractivity contribution in [3.05, 3.63) is 0 Å². The summed E-state index contributed by atoms with van der Waals surface area (Å²) >= 11 is 0. The minimum absolute atomic E-state index is 0.0778. The third-order valence-electron chi connectivity index (χ3n) is 2.22. The number of aliphatic hydroxyl groups is 1. The average molecular weight is 216 g/mol. The largest absolute Gasteiger partial charge is 0.460 e. The molecule has 1 atom stereocenters. The van der Waals surface area contributed by atoms with Gasteiger partial charge in [-0.05, 0) is 33.6 Å². The molecule has 0 saturated heterocycles. The molecule has 0 rings (SSSR count). The highest BCUT2D eigenvalue weighted by molar-refractivity contribution is 5.75. The van der Waals surface area contributed by atoms with Crippen molar-refractivity contribution in [3.63, 3.8) is 0 Å². The molecule has 0 aliphatic rings. The van der Waals surface area contributed by atoms with Crippen LogP contribution in [0.3, 0.4) is 0 Å². The molecule has 0 radical (unpaired) electrons. The number of ether oxygens (including phenoxy) is 1. The first-order chi connectivity index (χ1) is 6.91. The maximum Gasteiger partial charge on any atom is 0.311 e. The molecular weight excluding hydrogens is 192 g/mol. The van der Waals surface area contributed by atoms with Gasteiger partial charge in [0.15, 0.2) is 0 Å². The molecule has 1 unspecified atom stereocenters.